The van der Waals surface area contributed by atoms with Gasteiger partial charge in [-0.05, 0) is 60.2 Å². The molecule has 0 spiro atoms. The SMILES string of the molecule is CCc1cc2c(cc1C(F)(F)F)N(C)CCC[C@@H]2NCc1cc(C(F)(F)F)cc(C(F)(F)F)c1. The molecule has 2 aromatic rings. The number of alkyl halides is 9. The molecule has 1 N–H and O–H groups in total. The summed E-state index contributed by atoms with van der Waals surface area (Å²) in [5, 5.41) is 2.98. The van der Waals surface area contributed by atoms with Crippen LogP contribution in [-0.2, 0) is 31.5 Å². The van der Waals surface area contributed by atoms with E-state index in [0.29, 0.717) is 42.8 Å². The van der Waals surface area contributed by atoms with E-state index >= 15 is 0 Å². The Kier molecular flexibility index (Phi) is 7.17. The molecule has 2 nitrogen and oxygen atoms in total. The third-order valence-electron chi connectivity index (χ3n) is 5.91. The van der Waals surface area contributed by atoms with Crippen LogP contribution >= 0.6 is 0 Å². The average Bonchev–Trinajstić information content (AvgIpc) is 2.87. The highest BCUT2D eigenvalue weighted by molar-refractivity contribution is 5.60. The van der Waals surface area contributed by atoms with Gasteiger partial charge < -0.3 is 10.2 Å². The summed E-state index contributed by atoms with van der Waals surface area (Å²) in [5.74, 6) is 0. The van der Waals surface area contributed by atoms with Crippen LogP contribution in [0.1, 0.15) is 59.2 Å². The van der Waals surface area contributed by atoms with E-state index in [9.17, 15) is 39.5 Å². The van der Waals surface area contributed by atoms with E-state index in [1.807, 2.05) is 0 Å². The van der Waals surface area contributed by atoms with E-state index in [-0.39, 0.29) is 30.2 Å². The van der Waals surface area contributed by atoms with Gasteiger partial charge >= 0.3 is 18.5 Å². The van der Waals surface area contributed by atoms with Gasteiger partial charge in [0.25, 0.3) is 0 Å². The van der Waals surface area contributed by atoms with Crippen LogP contribution in [0.5, 0.6) is 0 Å². The molecule has 0 unspecified atom stereocenters. The predicted molar refractivity (Wildman–Crippen MR) is 109 cm³/mol. The van der Waals surface area contributed by atoms with Crippen molar-refractivity contribution in [3.63, 3.8) is 0 Å². The molecule has 0 bridgehead atoms. The zero-order chi connectivity index (χ0) is 25.5. The average molecular weight is 498 g/mol. The van der Waals surface area contributed by atoms with Crippen LogP contribution in [0, 0.1) is 0 Å². The number of nitrogens with one attached hydrogen (secondary N) is 1. The molecule has 0 fully saturated rings. The van der Waals surface area contributed by atoms with Crippen LogP contribution in [0.4, 0.5) is 45.2 Å². The van der Waals surface area contributed by atoms with Gasteiger partial charge in [0.1, 0.15) is 0 Å². The van der Waals surface area contributed by atoms with Crippen molar-refractivity contribution >= 4 is 5.69 Å². The molecule has 1 heterocycles. The maximum atomic E-state index is 13.6. The van der Waals surface area contributed by atoms with E-state index < -0.39 is 41.3 Å². The molecule has 188 valence electrons. The molecular weight excluding hydrogens is 475 g/mol. The number of fused-ring (bicyclic) bond motifs is 1. The van der Waals surface area contributed by atoms with Gasteiger partial charge in [-0.1, -0.05) is 13.0 Å². The molecule has 1 atom stereocenters. The zero-order valence-electron chi connectivity index (χ0n) is 18.3. The van der Waals surface area contributed by atoms with Crippen molar-refractivity contribution in [1.29, 1.82) is 0 Å². The molecule has 34 heavy (non-hydrogen) atoms. The van der Waals surface area contributed by atoms with Crippen molar-refractivity contribution in [1.82, 2.24) is 5.32 Å². The van der Waals surface area contributed by atoms with Gasteiger partial charge in [0.2, 0.25) is 0 Å². The topological polar surface area (TPSA) is 15.3 Å². The molecule has 11 heteroatoms. The van der Waals surface area contributed by atoms with Crippen LogP contribution in [-0.4, -0.2) is 13.6 Å². The summed E-state index contributed by atoms with van der Waals surface area (Å²) in [5.41, 5.74) is -2.86. The Hall–Kier alpha value is -2.43. The molecule has 0 saturated heterocycles. The molecule has 0 amide bonds. The van der Waals surface area contributed by atoms with Crippen LogP contribution in [0.2, 0.25) is 0 Å². The Morgan fingerprint density at radius 3 is 1.94 bits per heavy atom. The van der Waals surface area contributed by atoms with E-state index in [0.717, 1.165) is 6.07 Å². The Morgan fingerprint density at radius 2 is 1.44 bits per heavy atom. The fourth-order valence-electron chi connectivity index (χ4n) is 4.20. The summed E-state index contributed by atoms with van der Waals surface area (Å²) in [6, 6.07) is 3.32. The minimum absolute atomic E-state index is 0.0611. The third-order valence-corrected chi connectivity index (χ3v) is 5.91. The molecule has 0 saturated carbocycles. The standard InChI is InChI=1S/C23H23F9N2/c1-3-14-9-17-19(5-4-6-34(2)20(17)11-18(14)23(30,31)32)33-12-13-7-15(21(24,25)26)10-16(8-13)22(27,28)29/h7-11,19,33H,3-6,12H2,1-2H3/t19-/m0/s1. The fraction of sp³-hybridized carbons (Fsp3) is 0.478. The maximum Gasteiger partial charge on any atom is 0.416 e. The van der Waals surface area contributed by atoms with Crippen molar-refractivity contribution in [2.24, 2.45) is 0 Å². The number of nitrogens with zero attached hydrogens (tertiary/aromatic N) is 1. The van der Waals surface area contributed by atoms with E-state index in [1.54, 1.807) is 18.9 Å². The van der Waals surface area contributed by atoms with E-state index in [1.165, 1.54) is 6.07 Å². The number of aryl methyl sites for hydroxylation is 1. The number of hydrogen-bond donors (Lipinski definition) is 1. The van der Waals surface area contributed by atoms with Crippen molar-refractivity contribution in [2.45, 2.75) is 57.3 Å². The lowest BCUT2D eigenvalue weighted by molar-refractivity contribution is -0.143. The summed E-state index contributed by atoms with van der Waals surface area (Å²) in [6.07, 6.45) is -13.3. The van der Waals surface area contributed by atoms with Crippen molar-refractivity contribution < 1.29 is 39.5 Å². The lowest BCUT2D eigenvalue weighted by Gasteiger charge is -2.26. The van der Waals surface area contributed by atoms with Crippen LogP contribution in [0.25, 0.3) is 0 Å². The van der Waals surface area contributed by atoms with Gasteiger partial charge in [-0.15, -0.1) is 0 Å². The number of hydrogen-bond acceptors (Lipinski definition) is 2. The molecule has 0 radical (unpaired) electrons. The minimum atomic E-state index is -4.96. The second-order valence-electron chi connectivity index (χ2n) is 8.33. The normalized spacial score (nSPS) is 17.5. The summed E-state index contributed by atoms with van der Waals surface area (Å²) >= 11 is 0. The zero-order valence-corrected chi connectivity index (χ0v) is 18.3. The molecule has 1 aliphatic heterocycles. The fourth-order valence-corrected chi connectivity index (χ4v) is 4.20. The van der Waals surface area contributed by atoms with E-state index in [2.05, 4.69) is 5.32 Å². The van der Waals surface area contributed by atoms with Crippen molar-refractivity contribution in [2.75, 3.05) is 18.5 Å². The van der Waals surface area contributed by atoms with Crippen LogP contribution in [0.3, 0.4) is 0 Å². The van der Waals surface area contributed by atoms with Gasteiger partial charge in [0, 0.05) is 31.9 Å². The predicted octanol–water partition coefficient (Wildman–Crippen LogP) is 7.37. The molecule has 1 aliphatic rings. The summed E-state index contributed by atoms with van der Waals surface area (Å²) < 4.78 is 120. The first kappa shape index (κ1) is 26.2. The first-order valence-corrected chi connectivity index (χ1v) is 10.6. The van der Waals surface area contributed by atoms with E-state index in [4.69, 9.17) is 0 Å². The summed E-state index contributed by atoms with van der Waals surface area (Å²) in [6.45, 7) is 1.72. The molecular formula is C23H23F9N2. The smallest absolute Gasteiger partial charge is 0.374 e. The lowest BCUT2D eigenvalue weighted by Crippen LogP contribution is -2.23. The largest absolute Gasteiger partial charge is 0.416 e. The first-order chi connectivity index (χ1) is 15.6. The molecule has 0 aromatic heterocycles. The van der Waals surface area contributed by atoms with Crippen LogP contribution in [0.15, 0.2) is 30.3 Å². The Labute approximate surface area is 190 Å². The van der Waals surface area contributed by atoms with Gasteiger partial charge in [-0.2, -0.15) is 39.5 Å². The molecule has 3 rings (SSSR count). The quantitative estimate of drug-likeness (QED) is 0.443. The van der Waals surface area contributed by atoms with Crippen molar-refractivity contribution in [3.05, 3.63) is 63.7 Å². The maximum absolute atomic E-state index is 13.6. The number of rotatable bonds is 4. The van der Waals surface area contributed by atoms with Crippen molar-refractivity contribution in [3.8, 4) is 0 Å². The highest BCUT2D eigenvalue weighted by atomic mass is 19.4. The highest BCUT2D eigenvalue weighted by Crippen LogP contribution is 2.41. The number of benzene rings is 2. The second kappa shape index (κ2) is 9.31. The monoisotopic (exact) mass is 498 g/mol. The summed E-state index contributed by atoms with van der Waals surface area (Å²) in [7, 11) is 1.65. The van der Waals surface area contributed by atoms with Gasteiger partial charge in [-0.25, -0.2) is 0 Å². The minimum Gasteiger partial charge on any atom is -0.374 e. The van der Waals surface area contributed by atoms with Gasteiger partial charge in [-0.3, -0.25) is 0 Å². The highest BCUT2D eigenvalue weighted by Gasteiger charge is 2.38. The molecule has 0 aliphatic carbocycles. The first-order valence-electron chi connectivity index (χ1n) is 10.6. The summed E-state index contributed by atoms with van der Waals surface area (Å²) in [4.78, 5) is 1.68. The van der Waals surface area contributed by atoms with Gasteiger partial charge in [0.15, 0.2) is 0 Å². The van der Waals surface area contributed by atoms with Crippen LogP contribution < -0.4 is 10.2 Å². The third kappa shape index (κ3) is 5.79. The molecule has 2 aromatic carbocycles. The number of anilines is 1. The Morgan fingerprint density at radius 1 is 0.853 bits per heavy atom. The number of halogens is 9. The van der Waals surface area contributed by atoms with Gasteiger partial charge in [0.05, 0.1) is 16.7 Å². The Bertz CT molecular complexity index is 991. The Balaban J connectivity index is 1.98. The second-order valence-corrected chi connectivity index (χ2v) is 8.33. The lowest BCUT2D eigenvalue weighted by atomic mass is 9.94.